The number of carbonyl (C=O) groups excluding carboxylic acids is 2. The fourth-order valence-corrected chi connectivity index (χ4v) is 3.82. The zero-order chi connectivity index (χ0) is 21.1. The highest BCUT2D eigenvalue weighted by molar-refractivity contribution is 5.92. The Labute approximate surface area is 173 Å². The molecule has 1 aromatic heterocycles. The first kappa shape index (κ1) is 19.8. The van der Waals surface area contributed by atoms with Gasteiger partial charge in [-0.15, -0.1) is 0 Å². The molecule has 1 atom stereocenters. The van der Waals surface area contributed by atoms with Crippen molar-refractivity contribution < 1.29 is 18.7 Å². The predicted molar refractivity (Wildman–Crippen MR) is 109 cm³/mol. The Balaban J connectivity index is 1.72. The minimum Gasteiger partial charge on any atom is -0.443 e. The van der Waals surface area contributed by atoms with Gasteiger partial charge in [0.1, 0.15) is 5.82 Å². The molecule has 0 saturated heterocycles. The van der Waals surface area contributed by atoms with Crippen LogP contribution in [0, 0.1) is 5.82 Å². The van der Waals surface area contributed by atoms with E-state index in [-0.39, 0.29) is 11.5 Å². The van der Waals surface area contributed by atoms with Gasteiger partial charge in [-0.1, -0.05) is 36.8 Å². The highest BCUT2D eigenvalue weighted by Gasteiger charge is 2.29. The van der Waals surface area contributed by atoms with E-state index in [9.17, 15) is 14.0 Å². The maximum atomic E-state index is 13.4. The zero-order valence-electron chi connectivity index (χ0n) is 16.4. The summed E-state index contributed by atoms with van der Waals surface area (Å²) in [6.07, 6.45) is 3.19. The number of primary amides is 1. The van der Waals surface area contributed by atoms with Crippen LogP contribution >= 0.6 is 0 Å². The molecular formula is C23H22FN3O3. The van der Waals surface area contributed by atoms with Crippen molar-refractivity contribution in [2.24, 2.45) is 5.73 Å². The highest BCUT2D eigenvalue weighted by Crippen LogP contribution is 2.28. The number of hydrogen-bond acceptors (Lipinski definition) is 4. The normalized spacial score (nSPS) is 14.4. The Morgan fingerprint density at radius 2 is 1.70 bits per heavy atom. The molecule has 2 N–H and O–H groups in total. The summed E-state index contributed by atoms with van der Waals surface area (Å²) in [6, 6.07) is 14.6. The number of fused-ring (bicyclic) bond motifs is 1. The molecule has 1 aliphatic carbocycles. The molecule has 1 amide bonds. The first-order valence-corrected chi connectivity index (χ1v) is 9.96. The Morgan fingerprint density at radius 3 is 2.40 bits per heavy atom. The summed E-state index contributed by atoms with van der Waals surface area (Å²) in [5.74, 6) is -1.79. The molecule has 1 aliphatic rings. The van der Waals surface area contributed by atoms with Crippen molar-refractivity contribution in [2.75, 3.05) is 0 Å². The third kappa shape index (κ3) is 3.96. The quantitative estimate of drug-likeness (QED) is 0.516. The van der Waals surface area contributed by atoms with Crippen molar-refractivity contribution in [3.8, 4) is 5.69 Å². The summed E-state index contributed by atoms with van der Waals surface area (Å²) in [7, 11) is 0. The number of rotatable bonds is 5. The van der Waals surface area contributed by atoms with Crippen LogP contribution in [0.15, 0.2) is 54.6 Å². The molecular weight excluding hydrogens is 385 g/mol. The Hall–Kier alpha value is -3.48. The van der Waals surface area contributed by atoms with Crippen LogP contribution in [0.3, 0.4) is 0 Å². The van der Waals surface area contributed by atoms with Gasteiger partial charge in [0.2, 0.25) is 6.10 Å². The van der Waals surface area contributed by atoms with Crippen LogP contribution in [0.5, 0.6) is 0 Å². The monoisotopic (exact) mass is 407 g/mol. The van der Waals surface area contributed by atoms with Gasteiger partial charge in [0, 0.05) is 16.8 Å². The second kappa shape index (κ2) is 8.49. The average Bonchev–Trinajstić information content (AvgIpc) is 2.94. The van der Waals surface area contributed by atoms with Gasteiger partial charge in [0.05, 0.1) is 5.69 Å². The summed E-state index contributed by atoms with van der Waals surface area (Å²) in [4.78, 5) is 25.0. The van der Waals surface area contributed by atoms with Gasteiger partial charge in [0.25, 0.3) is 5.91 Å². The van der Waals surface area contributed by atoms with Crippen LogP contribution in [-0.4, -0.2) is 21.7 Å². The number of carbonyl (C=O) groups is 2. The standard InChI is InChI=1S/C23H22FN3O3/c24-16-11-13-17(14-12-16)27-19-10-6-2-5-9-18(19)20(26-27)23(29)30-21(22(25)28)15-7-3-1-4-8-15/h1,3-4,7-8,11-14,21H,2,5-6,9-10H2,(H2,25,28)/t21-/m0/s1. The average molecular weight is 407 g/mol. The number of esters is 1. The largest absolute Gasteiger partial charge is 0.443 e. The van der Waals surface area contributed by atoms with E-state index >= 15 is 0 Å². The van der Waals surface area contributed by atoms with Gasteiger partial charge in [0.15, 0.2) is 5.69 Å². The molecule has 0 unspecified atom stereocenters. The number of amides is 1. The minimum absolute atomic E-state index is 0.179. The summed E-state index contributed by atoms with van der Waals surface area (Å²) in [6.45, 7) is 0. The molecule has 0 spiro atoms. The molecule has 0 bridgehead atoms. The first-order chi connectivity index (χ1) is 14.5. The Morgan fingerprint density at radius 1 is 1.00 bits per heavy atom. The van der Waals surface area contributed by atoms with Gasteiger partial charge >= 0.3 is 5.97 Å². The summed E-state index contributed by atoms with van der Waals surface area (Å²) in [5.41, 5.74) is 8.58. The molecule has 0 aliphatic heterocycles. The summed E-state index contributed by atoms with van der Waals surface area (Å²) < 4.78 is 20.6. The van der Waals surface area contributed by atoms with Crippen molar-refractivity contribution >= 4 is 11.9 Å². The lowest BCUT2D eigenvalue weighted by Crippen LogP contribution is -2.26. The van der Waals surface area contributed by atoms with Crippen LogP contribution in [-0.2, 0) is 22.4 Å². The molecule has 7 heteroatoms. The van der Waals surface area contributed by atoms with E-state index in [2.05, 4.69) is 5.10 Å². The SMILES string of the molecule is NC(=O)[C@@H](OC(=O)c1nn(-c2ccc(F)cc2)c2c1CCCCC2)c1ccccc1. The molecule has 4 rings (SSSR count). The number of benzene rings is 2. The van der Waals surface area contributed by atoms with Crippen molar-refractivity contribution in [2.45, 2.75) is 38.2 Å². The molecule has 0 radical (unpaired) electrons. The number of ether oxygens (including phenoxy) is 1. The highest BCUT2D eigenvalue weighted by atomic mass is 19.1. The van der Waals surface area contributed by atoms with E-state index < -0.39 is 18.0 Å². The van der Waals surface area contributed by atoms with Crippen LogP contribution in [0.2, 0.25) is 0 Å². The molecule has 0 saturated carbocycles. The van der Waals surface area contributed by atoms with Gasteiger partial charge in [-0.3, -0.25) is 4.79 Å². The smallest absolute Gasteiger partial charge is 0.360 e. The second-order valence-corrected chi connectivity index (χ2v) is 7.32. The van der Waals surface area contributed by atoms with Crippen molar-refractivity contribution in [1.29, 1.82) is 0 Å². The molecule has 1 heterocycles. The second-order valence-electron chi connectivity index (χ2n) is 7.32. The summed E-state index contributed by atoms with van der Waals surface area (Å²) in [5, 5.41) is 4.51. The lowest BCUT2D eigenvalue weighted by molar-refractivity contribution is -0.127. The molecule has 6 nitrogen and oxygen atoms in total. The van der Waals surface area contributed by atoms with Gasteiger partial charge in [-0.05, 0) is 49.9 Å². The fraction of sp³-hybridized carbons (Fsp3) is 0.261. The predicted octanol–water partition coefficient (Wildman–Crippen LogP) is 3.66. The number of aromatic nitrogens is 2. The fourth-order valence-electron chi connectivity index (χ4n) is 3.82. The van der Waals surface area contributed by atoms with Crippen molar-refractivity contribution in [3.05, 3.63) is 82.9 Å². The molecule has 30 heavy (non-hydrogen) atoms. The molecule has 154 valence electrons. The molecule has 3 aromatic rings. The van der Waals surface area contributed by atoms with Crippen molar-refractivity contribution in [3.63, 3.8) is 0 Å². The van der Waals surface area contributed by atoms with E-state index in [1.807, 2.05) is 0 Å². The third-order valence-electron chi connectivity index (χ3n) is 5.28. The van der Waals surface area contributed by atoms with Crippen LogP contribution in [0.25, 0.3) is 5.69 Å². The van der Waals surface area contributed by atoms with Gasteiger partial charge < -0.3 is 10.5 Å². The maximum Gasteiger partial charge on any atom is 0.360 e. The van der Waals surface area contributed by atoms with Gasteiger partial charge in [-0.2, -0.15) is 5.10 Å². The first-order valence-electron chi connectivity index (χ1n) is 9.96. The van der Waals surface area contributed by atoms with Crippen LogP contribution in [0.1, 0.15) is 52.7 Å². The van der Waals surface area contributed by atoms with E-state index in [0.717, 1.165) is 36.9 Å². The lowest BCUT2D eigenvalue weighted by atomic mass is 10.1. The number of nitrogens with zero attached hydrogens (tertiary/aromatic N) is 2. The van der Waals surface area contributed by atoms with Crippen molar-refractivity contribution in [1.82, 2.24) is 9.78 Å². The van der Waals surface area contributed by atoms with E-state index in [1.54, 1.807) is 47.1 Å². The topological polar surface area (TPSA) is 87.2 Å². The minimum atomic E-state index is -1.20. The number of halogens is 1. The Bertz CT molecular complexity index is 1060. The van der Waals surface area contributed by atoms with Crippen LogP contribution in [0.4, 0.5) is 4.39 Å². The Kier molecular flexibility index (Phi) is 5.61. The summed E-state index contributed by atoms with van der Waals surface area (Å²) >= 11 is 0. The maximum absolute atomic E-state index is 13.4. The number of nitrogens with two attached hydrogens (primary N) is 1. The molecule has 2 aromatic carbocycles. The third-order valence-corrected chi connectivity index (χ3v) is 5.28. The zero-order valence-corrected chi connectivity index (χ0v) is 16.4. The lowest BCUT2D eigenvalue weighted by Gasteiger charge is -2.14. The molecule has 0 fully saturated rings. The number of hydrogen-bond donors (Lipinski definition) is 1. The van der Waals surface area contributed by atoms with E-state index in [4.69, 9.17) is 10.5 Å². The van der Waals surface area contributed by atoms with Crippen LogP contribution < -0.4 is 5.73 Å². The van der Waals surface area contributed by atoms with E-state index in [1.165, 1.54) is 12.1 Å². The van der Waals surface area contributed by atoms with Gasteiger partial charge in [-0.25, -0.2) is 13.9 Å². The van der Waals surface area contributed by atoms with E-state index in [0.29, 0.717) is 17.7 Å².